The molecule has 1 aromatic heterocycles. The minimum Gasteiger partial charge on any atom is -0.491 e. The number of hydrogen-bond donors (Lipinski definition) is 0. The van der Waals surface area contributed by atoms with Gasteiger partial charge in [-0.25, -0.2) is 0 Å². The number of hydrogen-bond acceptors (Lipinski definition) is 13. The lowest BCUT2D eigenvalue weighted by Crippen LogP contribution is -2.35. The average Bonchev–Trinajstić information content (AvgIpc) is 3.46. The molecule has 14 nitrogen and oxygen atoms in total. The van der Waals surface area contributed by atoms with Crippen LogP contribution in [0.15, 0.2) is 52.7 Å². The van der Waals surface area contributed by atoms with E-state index in [2.05, 4.69) is 20.1 Å². The number of carbonyl (C=O) groups is 3. The third-order valence-electron chi connectivity index (χ3n) is 9.11. The van der Waals surface area contributed by atoms with Gasteiger partial charge in [-0.2, -0.15) is 0 Å². The summed E-state index contributed by atoms with van der Waals surface area (Å²) >= 11 is 6.40. The van der Waals surface area contributed by atoms with E-state index in [1.165, 1.54) is 52.2 Å². The van der Waals surface area contributed by atoms with Crippen LogP contribution in [0.3, 0.4) is 0 Å². The summed E-state index contributed by atoms with van der Waals surface area (Å²) in [5, 5.41) is 0.103. The minimum absolute atomic E-state index is 0.0323. The number of fused-ring (bicyclic) bond motifs is 6. The smallest absolute Gasteiger partial charge is 0.308 e. The number of ether oxygens (including phenoxy) is 8. The molecule has 0 fully saturated rings. The lowest BCUT2D eigenvalue weighted by atomic mass is 9.77. The fraction of sp³-hybridized carbons (Fsp3) is 0.333. The van der Waals surface area contributed by atoms with Crippen LogP contribution in [0.2, 0.25) is 5.02 Å². The molecule has 4 atom stereocenters. The normalized spacial score (nSPS) is 19.1. The number of methoxy groups -OCH3 is 3. The summed E-state index contributed by atoms with van der Waals surface area (Å²) in [5.74, 6) is -1.66. The molecule has 1 aliphatic carbocycles. The topological polar surface area (TPSA) is 158 Å². The van der Waals surface area contributed by atoms with Gasteiger partial charge in [0.1, 0.15) is 23.7 Å². The highest BCUT2D eigenvalue weighted by atomic mass is 35.5. The number of carbonyl (C=O) groups excluding carboxylic acids is 3. The van der Waals surface area contributed by atoms with Crippen molar-refractivity contribution in [2.45, 2.75) is 51.7 Å². The highest BCUT2D eigenvalue weighted by molar-refractivity contribution is 6.33. The van der Waals surface area contributed by atoms with Gasteiger partial charge in [0.2, 0.25) is 11.8 Å². The van der Waals surface area contributed by atoms with Gasteiger partial charge in [-0.1, -0.05) is 30.7 Å². The molecule has 0 saturated carbocycles. The van der Waals surface area contributed by atoms with Crippen LogP contribution in [0.1, 0.15) is 62.2 Å². The first kappa shape index (κ1) is 38.5. The number of anilines is 1. The molecule has 2 aliphatic heterocycles. The van der Waals surface area contributed by atoms with E-state index in [-0.39, 0.29) is 85.7 Å². The molecule has 284 valence electrons. The zero-order valence-electron chi connectivity index (χ0n) is 30.4. The van der Waals surface area contributed by atoms with E-state index in [1.807, 2.05) is 6.08 Å². The Balaban J connectivity index is 0.00000119. The van der Waals surface area contributed by atoms with Crippen molar-refractivity contribution in [3.63, 3.8) is 0 Å². The highest BCUT2D eigenvalue weighted by Gasteiger charge is 2.50. The molecule has 7 rings (SSSR count). The van der Waals surface area contributed by atoms with Gasteiger partial charge >= 0.3 is 11.9 Å². The number of allylic oxidation sites excluding steroid dienone is 1. The van der Waals surface area contributed by atoms with Gasteiger partial charge in [0, 0.05) is 50.3 Å². The van der Waals surface area contributed by atoms with Crippen molar-refractivity contribution in [2.24, 2.45) is 0 Å². The number of amides is 1. The second kappa shape index (κ2) is 15.6. The number of benzene rings is 3. The molecule has 0 radical (unpaired) electrons. The van der Waals surface area contributed by atoms with Gasteiger partial charge in [-0.15, -0.1) is 13.2 Å². The second-order valence-corrected chi connectivity index (χ2v) is 12.6. The molecule has 54 heavy (non-hydrogen) atoms. The van der Waals surface area contributed by atoms with E-state index in [9.17, 15) is 19.2 Å². The van der Waals surface area contributed by atoms with Gasteiger partial charge in [-0.05, 0) is 30.2 Å². The average molecular weight is 764 g/mol. The molecule has 3 aliphatic rings. The fourth-order valence-corrected chi connectivity index (χ4v) is 7.30. The van der Waals surface area contributed by atoms with Gasteiger partial charge in [0.15, 0.2) is 47.2 Å². The third-order valence-corrected chi connectivity index (χ3v) is 9.41. The summed E-state index contributed by atoms with van der Waals surface area (Å²) in [6.07, 6.45) is 1.37. The predicted octanol–water partition coefficient (Wildman–Crippen LogP) is 7.01. The van der Waals surface area contributed by atoms with E-state index < -0.39 is 41.9 Å². The summed E-state index contributed by atoms with van der Waals surface area (Å²) in [5.41, 5.74) is 0.912. The van der Waals surface area contributed by atoms with Crippen molar-refractivity contribution in [1.29, 1.82) is 0 Å². The zero-order valence-corrected chi connectivity index (χ0v) is 31.2. The van der Waals surface area contributed by atoms with Crippen LogP contribution in [0, 0.1) is 0 Å². The Kier molecular flexibility index (Phi) is 11.1. The van der Waals surface area contributed by atoms with Crippen LogP contribution in [0.4, 0.5) is 5.69 Å². The third kappa shape index (κ3) is 6.09. The Labute approximate surface area is 314 Å². The number of halogens is 1. The first-order valence-corrected chi connectivity index (χ1v) is 17.2. The predicted molar refractivity (Wildman–Crippen MR) is 197 cm³/mol. The maximum Gasteiger partial charge on any atom is 0.308 e. The van der Waals surface area contributed by atoms with Crippen molar-refractivity contribution in [3.8, 4) is 34.1 Å². The summed E-state index contributed by atoms with van der Waals surface area (Å²) in [6.45, 7) is 11.5. The van der Waals surface area contributed by atoms with Crippen molar-refractivity contribution in [1.82, 2.24) is 0 Å². The lowest BCUT2D eigenvalue weighted by Gasteiger charge is -2.39. The van der Waals surface area contributed by atoms with E-state index in [0.717, 1.165) is 6.42 Å². The van der Waals surface area contributed by atoms with Crippen molar-refractivity contribution in [2.75, 3.05) is 39.6 Å². The zero-order chi connectivity index (χ0) is 39.0. The molecule has 4 aromatic rings. The number of esters is 2. The summed E-state index contributed by atoms with van der Waals surface area (Å²) in [4.78, 5) is 54.2. The molecule has 3 heterocycles. The van der Waals surface area contributed by atoms with Crippen molar-refractivity contribution >= 4 is 57.6 Å². The second-order valence-electron chi connectivity index (χ2n) is 12.2. The maximum atomic E-state index is 14.5. The first-order valence-electron chi connectivity index (χ1n) is 16.8. The van der Waals surface area contributed by atoms with Crippen LogP contribution in [-0.2, 0) is 33.3 Å². The van der Waals surface area contributed by atoms with E-state index in [1.54, 1.807) is 12.1 Å². The quantitative estimate of drug-likeness (QED) is 0.0534. The van der Waals surface area contributed by atoms with Crippen molar-refractivity contribution < 1.29 is 56.7 Å². The van der Waals surface area contributed by atoms with E-state index in [4.69, 9.17) is 53.9 Å². The summed E-state index contributed by atoms with van der Waals surface area (Å²) in [7, 11) is 4.25. The molecule has 4 unspecified atom stereocenters. The largest absolute Gasteiger partial charge is 0.491 e. The molecule has 3 aromatic carbocycles. The Morgan fingerprint density at radius 2 is 1.67 bits per heavy atom. The molecule has 0 N–H and O–H groups in total. The van der Waals surface area contributed by atoms with E-state index >= 15 is 0 Å². The van der Waals surface area contributed by atoms with Gasteiger partial charge < -0.3 is 42.3 Å². The number of nitrogens with zero attached hydrogens (tertiary/aromatic N) is 1. The molecule has 0 spiro atoms. The van der Waals surface area contributed by atoms with Crippen molar-refractivity contribution in [3.05, 3.63) is 75.4 Å². The number of rotatable bonds is 10. The van der Waals surface area contributed by atoms with Crippen LogP contribution < -0.4 is 29.3 Å². The molecular weight excluding hydrogens is 726 g/mol. The van der Waals surface area contributed by atoms with E-state index in [0.29, 0.717) is 17.5 Å². The first-order chi connectivity index (χ1) is 26.0. The molecule has 0 bridgehead atoms. The minimum atomic E-state index is -0.979. The van der Waals surface area contributed by atoms with Crippen LogP contribution in [0.25, 0.3) is 33.1 Å². The Bertz CT molecular complexity index is 2260. The monoisotopic (exact) mass is 763 g/mol. The molecule has 0 saturated heterocycles. The van der Waals surface area contributed by atoms with Crippen LogP contribution >= 0.6 is 11.6 Å². The highest BCUT2D eigenvalue weighted by Crippen LogP contribution is 2.63. The van der Waals surface area contributed by atoms with Crippen LogP contribution in [0.5, 0.6) is 23.0 Å². The maximum absolute atomic E-state index is 14.5. The lowest BCUT2D eigenvalue weighted by molar-refractivity contribution is -0.133. The fourth-order valence-electron chi connectivity index (χ4n) is 7.08. The van der Waals surface area contributed by atoms with Gasteiger partial charge in [-0.3, -0.25) is 24.1 Å². The Morgan fingerprint density at radius 1 is 0.963 bits per heavy atom. The molecular formula is C39H38ClNO13. The molecule has 15 heteroatoms. The Hall–Kier alpha value is -5.25. The molecule has 1 amide bonds. The summed E-state index contributed by atoms with van der Waals surface area (Å²) in [6, 6.07) is 4.67. The summed E-state index contributed by atoms with van der Waals surface area (Å²) < 4.78 is 53.8. The SMILES string of the molecule is C=CCC.C=CCOC1c2cc3c(c(OC(C)=O)c2N(C=O)C1OC)-c1c2c(c4oc5c(OC)c(Cl)ccc5c(=O)c4c1OC(C)=O)OCOC2C3OC. The Morgan fingerprint density at radius 3 is 2.26 bits per heavy atom. The van der Waals surface area contributed by atoms with Gasteiger partial charge in [0.05, 0.1) is 29.8 Å². The van der Waals surface area contributed by atoms with Crippen LogP contribution in [-0.4, -0.2) is 59.3 Å². The van der Waals surface area contributed by atoms with Gasteiger partial charge in [0.25, 0.3) is 0 Å². The standard InChI is InChI=1S/C35H30ClNO13.C4H8/c1-7-10-45-28-18-11-17-20(31(49-15(3)40)24(18)37(12-38)35(28)44-6)21-22-32(26(17)42-4)46-13-47-33(22)34-23(30(21)48-14(2)39)25(41)16-8-9-19(36)29(43-5)27(16)50-34;1-3-4-2/h7-9,11-12,26,28,32,35H,1,10,13H2,2-6H3;3H,1,4H2,2H3.